The van der Waals surface area contributed by atoms with Gasteiger partial charge in [0, 0.05) is 37.1 Å². The van der Waals surface area contributed by atoms with Crippen molar-refractivity contribution in [3.05, 3.63) is 188 Å². The lowest BCUT2D eigenvalue weighted by Crippen LogP contribution is -2.11. The van der Waals surface area contributed by atoms with Crippen LogP contribution in [-0.4, -0.2) is 0 Å². The van der Waals surface area contributed by atoms with Crippen LogP contribution in [0.1, 0.15) is 0 Å². The summed E-state index contributed by atoms with van der Waals surface area (Å²) < 4.78 is 2.67. The van der Waals surface area contributed by atoms with E-state index in [2.05, 4.69) is 193 Å². The Balaban J connectivity index is 1.11. The van der Waals surface area contributed by atoms with Crippen molar-refractivity contribution >= 4 is 80.9 Å². The fraction of sp³-hybridized carbons (Fsp3) is 0. The Morgan fingerprint density at radius 1 is 0.320 bits per heavy atom. The summed E-state index contributed by atoms with van der Waals surface area (Å²) in [5.41, 5.74) is 8.19. The Bertz CT molecular complexity index is 2870. The predicted molar refractivity (Wildman–Crippen MR) is 217 cm³/mol. The molecule has 234 valence electrons. The van der Waals surface area contributed by atoms with Crippen LogP contribution < -0.4 is 4.90 Å². The van der Waals surface area contributed by atoms with Crippen molar-refractivity contribution in [2.75, 3.05) is 4.90 Å². The summed E-state index contributed by atoms with van der Waals surface area (Å²) >= 11 is 1.87. The van der Waals surface area contributed by atoms with Crippen LogP contribution in [0.3, 0.4) is 0 Å². The van der Waals surface area contributed by atoms with E-state index in [1.807, 2.05) is 11.3 Å². The van der Waals surface area contributed by atoms with Gasteiger partial charge in [0.1, 0.15) is 0 Å². The van der Waals surface area contributed by atoms with Crippen molar-refractivity contribution in [2.45, 2.75) is 0 Å². The van der Waals surface area contributed by atoms with Crippen molar-refractivity contribution in [1.82, 2.24) is 0 Å². The van der Waals surface area contributed by atoms with Gasteiger partial charge in [-0.05, 0) is 104 Å². The molecule has 0 saturated heterocycles. The van der Waals surface area contributed by atoms with Crippen molar-refractivity contribution in [2.24, 2.45) is 0 Å². The monoisotopic (exact) mass is 653 g/mol. The highest BCUT2D eigenvalue weighted by atomic mass is 32.1. The maximum atomic E-state index is 2.41. The first kappa shape index (κ1) is 28.8. The standard InChI is InChI=1S/C48H31NS/c1-2-10-33(11-3-1)42-14-6-8-16-46(42)49(40-27-24-35-19-18-34-12-4-5-13-41(34)44(35)31-40)39-25-22-32(23-26-39)36-20-21-37-29-45-43-15-7-9-17-47(43)50-48(45)30-38(37)28-36/h1-31H. The highest BCUT2D eigenvalue weighted by Crippen LogP contribution is 2.43. The number of anilines is 3. The highest BCUT2D eigenvalue weighted by molar-refractivity contribution is 7.25. The lowest BCUT2D eigenvalue weighted by Gasteiger charge is -2.28. The van der Waals surface area contributed by atoms with Gasteiger partial charge in [-0.2, -0.15) is 0 Å². The van der Waals surface area contributed by atoms with Gasteiger partial charge in [0.25, 0.3) is 0 Å². The zero-order valence-electron chi connectivity index (χ0n) is 27.3. The van der Waals surface area contributed by atoms with E-state index in [1.54, 1.807) is 0 Å². The van der Waals surface area contributed by atoms with Gasteiger partial charge in [0.2, 0.25) is 0 Å². The van der Waals surface area contributed by atoms with Crippen LogP contribution in [0, 0.1) is 0 Å². The molecule has 0 radical (unpaired) electrons. The van der Waals surface area contributed by atoms with Gasteiger partial charge in [-0.25, -0.2) is 0 Å². The zero-order chi connectivity index (χ0) is 33.0. The number of hydrogen-bond acceptors (Lipinski definition) is 2. The first-order valence-corrected chi connectivity index (χ1v) is 17.9. The lowest BCUT2D eigenvalue weighted by molar-refractivity contribution is 1.29. The van der Waals surface area contributed by atoms with Gasteiger partial charge in [-0.15, -0.1) is 11.3 Å². The number of hydrogen-bond donors (Lipinski definition) is 0. The Morgan fingerprint density at radius 2 is 0.980 bits per heavy atom. The SMILES string of the molecule is c1ccc(-c2ccccc2N(c2ccc(-c3ccc4cc5c(cc4c3)sc3ccccc35)cc2)c2ccc3ccc4ccccc4c3c2)cc1. The number of rotatable bonds is 5. The first-order chi connectivity index (χ1) is 24.8. The molecule has 50 heavy (non-hydrogen) atoms. The molecule has 0 atom stereocenters. The largest absolute Gasteiger partial charge is 0.310 e. The molecule has 10 rings (SSSR count). The maximum Gasteiger partial charge on any atom is 0.0540 e. The summed E-state index contributed by atoms with van der Waals surface area (Å²) in [6, 6.07) is 68.8. The second-order valence-electron chi connectivity index (χ2n) is 13.0. The summed E-state index contributed by atoms with van der Waals surface area (Å²) in [5.74, 6) is 0. The molecule has 9 aromatic carbocycles. The normalized spacial score (nSPS) is 11.6. The van der Waals surface area contributed by atoms with E-state index in [0.29, 0.717) is 0 Å². The molecule has 0 bridgehead atoms. The van der Waals surface area contributed by atoms with Gasteiger partial charge in [-0.3, -0.25) is 0 Å². The van der Waals surface area contributed by atoms with Gasteiger partial charge < -0.3 is 4.90 Å². The molecule has 0 aliphatic carbocycles. The van der Waals surface area contributed by atoms with Crippen LogP contribution in [0.2, 0.25) is 0 Å². The average molecular weight is 654 g/mol. The number of benzene rings is 9. The number of nitrogens with zero attached hydrogens (tertiary/aromatic N) is 1. The lowest BCUT2D eigenvalue weighted by atomic mass is 9.98. The first-order valence-electron chi connectivity index (χ1n) is 17.1. The molecular formula is C48H31NS. The van der Waals surface area contributed by atoms with E-state index in [-0.39, 0.29) is 0 Å². The van der Waals surface area contributed by atoms with E-state index < -0.39 is 0 Å². The van der Waals surface area contributed by atoms with E-state index >= 15 is 0 Å². The topological polar surface area (TPSA) is 3.24 Å². The fourth-order valence-corrected chi connectivity index (χ4v) is 8.67. The van der Waals surface area contributed by atoms with Crippen molar-refractivity contribution in [3.8, 4) is 22.3 Å². The molecule has 0 fully saturated rings. The molecule has 0 saturated carbocycles. The van der Waals surface area contributed by atoms with Crippen LogP contribution in [0.25, 0.3) is 74.7 Å². The molecule has 1 aromatic heterocycles. The molecular weight excluding hydrogens is 623 g/mol. The second kappa shape index (κ2) is 11.7. The molecule has 0 aliphatic heterocycles. The summed E-state index contributed by atoms with van der Waals surface area (Å²) in [6.45, 7) is 0. The molecule has 1 heterocycles. The second-order valence-corrected chi connectivity index (χ2v) is 14.0. The minimum Gasteiger partial charge on any atom is -0.310 e. The van der Waals surface area contributed by atoms with Crippen LogP contribution in [0.4, 0.5) is 17.1 Å². The van der Waals surface area contributed by atoms with Crippen LogP contribution in [-0.2, 0) is 0 Å². The Kier molecular flexibility index (Phi) is 6.75. The quantitative estimate of drug-likeness (QED) is 0.167. The molecule has 2 heteroatoms. The number of para-hydroxylation sites is 1. The summed E-state index contributed by atoms with van der Waals surface area (Å²) in [5, 5.41) is 10.2. The fourth-order valence-electron chi connectivity index (χ4n) is 7.54. The van der Waals surface area contributed by atoms with Crippen molar-refractivity contribution < 1.29 is 0 Å². The minimum absolute atomic E-state index is 1.12. The molecule has 0 aliphatic rings. The van der Waals surface area contributed by atoms with Crippen LogP contribution >= 0.6 is 11.3 Å². The summed E-state index contributed by atoms with van der Waals surface area (Å²) in [6.07, 6.45) is 0. The van der Waals surface area contributed by atoms with E-state index in [4.69, 9.17) is 0 Å². The van der Waals surface area contributed by atoms with E-state index in [1.165, 1.54) is 74.7 Å². The van der Waals surface area contributed by atoms with Crippen molar-refractivity contribution in [3.63, 3.8) is 0 Å². The van der Waals surface area contributed by atoms with Crippen molar-refractivity contribution in [1.29, 1.82) is 0 Å². The summed E-state index contributed by atoms with van der Waals surface area (Å²) in [7, 11) is 0. The third-order valence-corrected chi connectivity index (χ3v) is 11.1. The molecule has 0 N–H and O–H groups in total. The molecule has 0 amide bonds. The zero-order valence-corrected chi connectivity index (χ0v) is 28.1. The molecule has 10 aromatic rings. The number of fused-ring (bicyclic) bond motifs is 7. The molecule has 0 spiro atoms. The Labute approximate surface area is 294 Å². The van der Waals surface area contributed by atoms with E-state index in [0.717, 1.165) is 17.1 Å². The van der Waals surface area contributed by atoms with Crippen LogP contribution in [0.15, 0.2) is 188 Å². The van der Waals surface area contributed by atoms with Gasteiger partial charge in [0.15, 0.2) is 0 Å². The van der Waals surface area contributed by atoms with Crippen LogP contribution in [0.5, 0.6) is 0 Å². The minimum atomic E-state index is 1.12. The number of thiophene rings is 1. The van der Waals surface area contributed by atoms with Gasteiger partial charge >= 0.3 is 0 Å². The Hall–Kier alpha value is -6.22. The third-order valence-electron chi connectivity index (χ3n) is 10.0. The summed E-state index contributed by atoms with van der Waals surface area (Å²) in [4.78, 5) is 2.41. The average Bonchev–Trinajstić information content (AvgIpc) is 3.55. The predicted octanol–water partition coefficient (Wildman–Crippen LogP) is 14.3. The Morgan fingerprint density at radius 3 is 1.86 bits per heavy atom. The van der Waals surface area contributed by atoms with Gasteiger partial charge in [0.05, 0.1) is 5.69 Å². The highest BCUT2D eigenvalue weighted by Gasteiger charge is 2.18. The molecule has 0 unspecified atom stereocenters. The third kappa shape index (κ3) is 4.84. The van der Waals surface area contributed by atoms with E-state index in [9.17, 15) is 0 Å². The smallest absolute Gasteiger partial charge is 0.0540 e. The molecule has 1 nitrogen and oxygen atoms in total. The van der Waals surface area contributed by atoms with Gasteiger partial charge in [-0.1, -0.05) is 133 Å². The maximum absolute atomic E-state index is 2.41.